The lowest BCUT2D eigenvalue weighted by Gasteiger charge is -2.40. The molecule has 0 unspecified atom stereocenters. The number of hydrogen-bond acceptors (Lipinski definition) is 4. The van der Waals surface area contributed by atoms with Crippen molar-refractivity contribution in [1.82, 2.24) is 15.2 Å². The van der Waals surface area contributed by atoms with Crippen molar-refractivity contribution in [2.75, 3.05) is 13.1 Å². The zero-order valence-electron chi connectivity index (χ0n) is 20.2. The molecule has 1 amide bonds. The van der Waals surface area contributed by atoms with Crippen molar-refractivity contribution in [1.29, 1.82) is 5.26 Å². The van der Waals surface area contributed by atoms with Gasteiger partial charge in [-0.1, -0.05) is 43.5 Å². The molecule has 3 aromatic rings. The van der Waals surface area contributed by atoms with Gasteiger partial charge in [0.05, 0.1) is 11.6 Å². The van der Waals surface area contributed by atoms with E-state index in [0.717, 1.165) is 80.4 Å². The van der Waals surface area contributed by atoms with E-state index in [9.17, 15) is 10.1 Å². The fourth-order valence-electron chi connectivity index (χ4n) is 5.68. The molecule has 2 aromatic carbocycles. The summed E-state index contributed by atoms with van der Waals surface area (Å²) < 4.78 is 0. The number of nitrogens with one attached hydrogen (secondary N) is 1. The van der Waals surface area contributed by atoms with E-state index in [1.807, 2.05) is 48.5 Å². The molecule has 1 aliphatic carbocycles. The number of carbonyl (C=O) groups is 1. The maximum Gasteiger partial charge on any atom is 0.252 e. The Hall–Kier alpha value is -3.49. The quantitative estimate of drug-likeness (QED) is 0.523. The second-order valence-electron chi connectivity index (χ2n) is 9.95. The standard InChI is InChI=1S/C30H32N4O/c31-21-23-8-9-26-22-34(18-12-25(26)20-23)19-15-30(13-4-1-5-14-30)33-29(35)28-7-3-2-6-27(28)24-10-16-32-17-11-24/h2-3,6-11,16-17,20H,1,4-5,12-15,18-19,22H2,(H,33,35). The molecule has 5 heteroatoms. The van der Waals surface area contributed by atoms with Gasteiger partial charge < -0.3 is 5.32 Å². The third kappa shape index (κ3) is 5.28. The van der Waals surface area contributed by atoms with Crippen molar-refractivity contribution in [3.05, 3.63) is 89.2 Å². The van der Waals surface area contributed by atoms with E-state index in [4.69, 9.17) is 0 Å². The van der Waals surface area contributed by atoms with Crippen LogP contribution in [0.25, 0.3) is 11.1 Å². The number of pyridine rings is 1. The van der Waals surface area contributed by atoms with Gasteiger partial charge in [0.25, 0.3) is 5.91 Å². The molecule has 2 aliphatic rings. The largest absolute Gasteiger partial charge is 0.347 e. The Morgan fingerprint density at radius 2 is 1.83 bits per heavy atom. The first-order chi connectivity index (χ1) is 17.2. The lowest BCUT2D eigenvalue weighted by molar-refractivity contribution is 0.0841. The number of nitriles is 1. The molecule has 1 fully saturated rings. The third-order valence-corrected chi connectivity index (χ3v) is 7.69. The molecule has 5 rings (SSSR count). The molecule has 1 N–H and O–H groups in total. The van der Waals surface area contributed by atoms with Gasteiger partial charge in [-0.25, -0.2) is 0 Å². The van der Waals surface area contributed by atoms with Crippen molar-refractivity contribution < 1.29 is 4.79 Å². The van der Waals surface area contributed by atoms with Crippen LogP contribution in [-0.4, -0.2) is 34.4 Å². The van der Waals surface area contributed by atoms with Crippen LogP contribution in [0.4, 0.5) is 0 Å². The molecule has 0 atom stereocenters. The Labute approximate surface area is 207 Å². The molecule has 0 saturated heterocycles. The molecule has 35 heavy (non-hydrogen) atoms. The van der Waals surface area contributed by atoms with E-state index in [1.54, 1.807) is 12.4 Å². The summed E-state index contributed by atoms with van der Waals surface area (Å²) in [5, 5.41) is 12.7. The van der Waals surface area contributed by atoms with Crippen molar-refractivity contribution in [2.24, 2.45) is 0 Å². The second-order valence-corrected chi connectivity index (χ2v) is 9.95. The van der Waals surface area contributed by atoms with Crippen LogP contribution in [0.3, 0.4) is 0 Å². The number of fused-ring (bicyclic) bond motifs is 1. The van der Waals surface area contributed by atoms with Crippen LogP contribution in [0.15, 0.2) is 67.0 Å². The maximum atomic E-state index is 13.6. The van der Waals surface area contributed by atoms with E-state index >= 15 is 0 Å². The van der Waals surface area contributed by atoms with Crippen LogP contribution < -0.4 is 5.32 Å². The highest BCUT2D eigenvalue weighted by Crippen LogP contribution is 2.33. The van der Waals surface area contributed by atoms with Gasteiger partial charge in [0, 0.05) is 43.1 Å². The van der Waals surface area contributed by atoms with Crippen molar-refractivity contribution in [3.63, 3.8) is 0 Å². The van der Waals surface area contributed by atoms with E-state index < -0.39 is 0 Å². The predicted octanol–water partition coefficient (Wildman–Crippen LogP) is 5.50. The monoisotopic (exact) mass is 464 g/mol. The minimum Gasteiger partial charge on any atom is -0.347 e. The van der Waals surface area contributed by atoms with Gasteiger partial charge in [-0.2, -0.15) is 5.26 Å². The summed E-state index contributed by atoms with van der Waals surface area (Å²) >= 11 is 0. The van der Waals surface area contributed by atoms with Crippen LogP contribution in [0, 0.1) is 11.3 Å². The smallest absolute Gasteiger partial charge is 0.252 e. The minimum atomic E-state index is -0.161. The average Bonchev–Trinajstić information content (AvgIpc) is 2.92. The normalized spacial score (nSPS) is 17.2. The van der Waals surface area contributed by atoms with Crippen LogP contribution in [0.5, 0.6) is 0 Å². The summed E-state index contributed by atoms with van der Waals surface area (Å²) in [5.74, 6) is 0.0207. The van der Waals surface area contributed by atoms with Crippen LogP contribution in [0.1, 0.15) is 65.6 Å². The number of nitrogens with zero attached hydrogens (tertiary/aromatic N) is 3. The second kappa shape index (κ2) is 10.4. The van der Waals surface area contributed by atoms with Crippen molar-refractivity contribution in [2.45, 2.75) is 57.0 Å². The maximum absolute atomic E-state index is 13.6. The first-order valence-electron chi connectivity index (χ1n) is 12.7. The molecule has 5 nitrogen and oxygen atoms in total. The van der Waals surface area contributed by atoms with E-state index in [0.29, 0.717) is 0 Å². The molecular formula is C30H32N4O. The van der Waals surface area contributed by atoms with E-state index in [-0.39, 0.29) is 11.4 Å². The topological polar surface area (TPSA) is 69.0 Å². The van der Waals surface area contributed by atoms with E-state index in [2.05, 4.69) is 27.3 Å². The summed E-state index contributed by atoms with van der Waals surface area (Å²) in [6.45, 7) is 2.87. The molecular weight excluding hydrogens is 432 g/mol. The zero-order chi connectivity index (χ0) is 24.1. The summed E-state index contributed by atoms with van der Waals surface area (Å²) in [7, 11) is 0. The van der Waals surface area contributed by atoms with E-state index in [1.165, 1.54) is 17.5 Å². The fourth-order valence-corrected chi connectivity index (χ4v) is 5.68. The van der Waals surface area contributed by atoms with Crippen LogP contribution in [0.2, 0.25) is 0 Å². The summed E-state index contributed by atoms with van der Waals surface area (Å²) in [6.07, 6.45) is 11.1. The van der Waals surface area contributed by atoms with Gasteiger partial charge in [0.15, 0.2) is 0 Å². The Morgan fingerprint density at radius 3 is 2.63 bits per heavy atom. The first kappa shape index (κ1) is 23.3. The van der Waals surface area contributed by atoms with Gasteiger partial charge in [0.1, 0.15) is 0 Å². The van der Waals surface area contributed by atoms with Gasteiger partial charge in [-0.15, -0.1) is 0 Å². The van der Waals surface area contributed by atoms with Crippen molar-refractivity contribution >= 4 is 5.91 Å². The number of rotatable bonds is 6. The third-order valence-electron chi connectivity index (χ3n) is 7.69. The van der Waals surface area contributed by atoms with Gasteiger partial charge in [-0.05, 0) is 78.3 Å². The molecule has 1 aromatic heterocycles. The number of benzene rings is 2. The molecule has 0 bridgehead atoms. The fraction of sp³-hybridized carbons (Fsp3) is 0.367. The Morgan fingerprint density at radius 1 is 1.03 bits per heavy atom. The molecule has 1 aliphatic heterocycles. The molecule has 1 saturated carbocycles. The Kier molecular flexibility index (Phi) is 6.92. The molecule has 0 radical (unpaired) electrons. The van der Waals surface area contributed by atoms with Crippen LogP contribution >= 0.6 is 0 Å². The zero-order valence-corrected chi connectivity index (χ0v) is 20.2. The highest BCUT2D eigenvalue weighted by Gasteiger charge is 2.35. The molecule has 2 heterocycles. The Balaban J connectivity index is 1.30. The lowest BCUT2D eigenvalue weighted by Crippen LogP contribution is -2.51. The SMILES string of the molecule is N#Cc1ccc2c(c1)CCN(CCC1(NC(=O)c3ccccc3-c3ccncc3)CCCCC1)C2. The highest BCUT2D eigenvalue weighted by molar-refractivity contribution is 6.01. The highest BCUT2D eigenvalue weighted by atomic mass is 16.1. The van der Waals surface area contributed by atoms with Crippen molar-refractivity contribution in [3.8, 4) is 17.2 Å². The minimum absolute atomic E-state index is 0.0207. The van der Waals surface area contributed by atoms with Gasteiger partial charge in [0.2, 0.25) is 0 Å². The molecule has 178 valence electrons. The van der Waals surface area contributed by atoms with Crippen LogP contribution in [-0.2, 0) is 13.0 Å². The summed E-state index contributed by atoms with van der Waals surface area (Å²) in [6, 6.07) is 20.1. The van der Waals surface area contributed by atoms with Gasteiger partial charge >= 0.3 is 0 Å². The number of amides is 1. The lowest BCUT2D eigenvalue weighted by atomic mass is 9.78. The predicted molar refractivity (Wildman–Crippen MR) is 138 cm³/mol. The average molecular weight is 465 g/mol. The number of aromatic nitrogens is 1. The van der Waals surface area contributed by atoms with Gasteiger partial charge in [-0.3, -0.25) is 14.7 Å². The number of carbonyl (C=O) groups excluding carboxylic acids is 1. The molecule has 0 spiro atoms. The first-order valence-corrected chi connectivity index (χ1v) is 12.7. The number of hydrogen-bond donors (Lipinski definition) is 1. The summed E-state index contributed by atoms with van der Waals surface area (Å²) in [4.78, 5) is 20.2. The summed E-state index contributed by atoms with van der Waals surface area (Å²) in [5.41, 5.74) is 5.89. The Bertz CT molecular complexity index is 1220.